The fourth-order valence-corrected chi connectivity index (χ4v) is 3.12. The summed E-state index contributed by atoms with van der Waals surface area (Å²) in [7, 11) is 0. The Labute approximate surface area is 111 Å². The van der Waals surface area contributed by atoms with Crippen molar-refractivity contribution < 1.29 is 0 Å². The SMILES string of the molecule is S=c1[nH]nc(C2CC2)n1CC1Cc2ccccc21. The smallest absolute Gasteiger partial charge is 0.195 e. The highest BCUT2D eigenvalue weighted by Gasteiger charge is 2.32. The number of hydrogen-bond donors (Lipinski definition) is 1. The van der Waals surface area contributed by atoms with Gasteiger partial charge < -0.3 is 4.57 Å². The van der Waals surface area contributed by atoms with Gasteiger partial charge in [0.2, 0.25) is 0 Å². The van der Waals surface area contributed by atoms with Crippen molar-refractivity contribution in [1.29, 1.82) is 0 Å². The van der Waals surface area contributed by atoms with E-state index in [1.807, 2.05) is 0 Å². The summed E-state index contributed by atoms with van der Waals surface area (Å²) in [6, 6.07) is 8.71. The van der Waals surface area contributed by atoms with Gasteiger partial charge in [-0.25, -0.2) is 0 Å². The van der Waals surface area contributed by atoms with Gasteiger partial charge in [0.05, 0.1) is 0 Å². The average molecular weight is 257 g/mol. The molecule has 1 aromatic heterocycles. The summed E-state index contributed by atoms with van der Waals surface area (Å²) >= 11 is 5.35. The van der Waals surface area contributed by atoms with Crippen molar-refractivity contribution >= 4 is 12.2 Å². The molecule has 2 aliphatic carbocycles. The molecular weight excluding hydrogens is 242 g/mol. The number of nitrogens with one attached hydrogen (secondary N) is 1. The zero-order chi connectivity index (χ0) is 12.1. The molecule has 2 aliphatic rings. The molecule has 1 heterocycles. The third-order valence-corrected chi connectivity index (χ3v) is 4.41. The Kier molecular flexibility index (Phi) is 2.21. The Morgan fingerprint density at radius 1 is 1.33 bits per heavy atom. The number of aromatic amines is 1. The molecule has 1 atom stereocenters. The normalized spacial score (nSPS) is 21.4. The third-order valence-electron chi connectivity index (χ3n) is 4.09. The second-order valence-corrected chi connectivity index (χ2v) is 5.76. The number of fused-ring (bicyclic) bond motifs is 1. The largest absolute Gasteiger partial charge is 0.303 e. The van der Waals surface area contributed by atoms with E-state index in [9.17, 15) is 0 Å². The number of aromatic nitrogens is 3. The second kappa shape index (κ2) is 3.79. The first kappa shape index (κ1) is 10.5. The molecule has 2 aromatic rings. The number of hydrogen-bond acceptors (Lipinski definition) is 2. The Balaban J connectivity index is 1.63. The lowest BCUT2D eigenvalue weighted by Gasteiger charge is -2.30. The number of H-pyrrole nitrogens is 1. The molecule has 4 rings (SSSR count). The highest BCUT2D eigenvalue weighted by atomic mass is 32.1. The van der Waals surface area contributed by atoms with Crippen molar-refractivity contribution in [3.8, 4) is 0 Å². The van der Waals surface area contributed by atoms with Crippen LogP contribution in [0.2, 0.25) is 0 Å². The fraction of sp³-hybridized carbons (Fsp3) is 0.429. The second-order valence-electron chi connectivity index (χ2n) is 5.37. The average Bonchev–Trinajstić information content (AvgIpc) is 3.12. The van der Waals surface area contributed by atoms with E-state index >= 15 is 0 Å². The van der Waals surface area contributed by atoms with Gasteiger partial charge in [0.25, 0.3) is 0 Å². The summed E-state index contributed by atoms with van der Waals surface area (Å²) in [6.45, 7) is 0.984. The molecule has 1 fully saturated rings. The Hall–Kier alpha value is -1.42. The molecule has 18 heavy (non-hydrogen) atoms. The summed E-state index contributed by atoms with van der Waals surface area (Å²) in [5, 5.41) is 7.34. The van der Waals surface area contributed by atoms with Gasteiger partial charge >= 0.3 is 0 Å². The predicted molar refractivity (Wildman–Crippen MR) is 72.3 cm³/mol. The molecule has 1 unspecified atom stereocenters. The lowest BCUT2D eigenvalue weighted by atomic mass is 9.77. The van der Waals surface area contributed by atoms with Crippen LogP contribution >= 0.6 is 12.2 Å². The molecule has 4 heteroatoms. The van der Waals surface area contributed by atoms with Crippen LogP contribution in [0.25, 0.3) is 0 Å². The van der Waals surface area contributed by atoms with Gasteiger partial charge in [-0.2, -0.15) is 5.10 Å². The zero-order valence-corrected chi connectivity index (χ0v) is 10.9. The Morgan fingerprint density at radius 2 is 2.17 bits per heavy atom. The third kappa shape index (κ3) is 1.56. The minimum absolute atomic E-state index is 0.614. The molecule has 0 amide bonds. The monoisotopic (exact) mass is 257 g/mol. The first-order valence-corrected chi connectivity index (χ1v) is 6.96. The van der Waals surface area contributed by atoms with Crippen molar-refractivity contribution in [3.63, 3.8) is 0 Å². The van der Waals surface area contributed by atoms with Gasteiger partial charge in [0.15, 0.2) is 4.77 Å². The molecule has 0 bridgehead atoms. The van der Waals surface area contributed by atoms with Crippen molar-refractivity contribution in [1.82, 2.24) is 14.8 Å². The van der Waals surface area contributed by atoms with E-state index in [0.29, 0.717) is 11.8 Å². The molecule has 1 saturated carbocycles. The van der Waals surface area contributed by atoms with Crippen LogP contribution in [-0.2, 0) is 13.0 Å². The molecule has 1 aromatic carbocycles. The van der Waals surface area contributed by atoms with Crippen LogP contribution in [0.3, 0.4) is 0 Å². The highest BCUT2D eigenvalue weighted by molar-refractivity contribution is 7.71. The maximum atomic E-state index is 5.35. The van der Waals surface area contributed by atoms with Crippen LogP contribution in [0, 0.1) is 4.77 Å². The minimum Gasteiger partial charge on any atom is -0.303 e. The zero-order valence-electron chi connectivity index (χ0n) is 10.1. The molecule has 0 radical (unpaired) electrons. The van der Waals surface area contributed by atoms with Crippen LogP contribution in [0.4, 0.5) is 0 Å². The lowest BCUT2D eigenvalue weighted by Crippen LogP contribution is -2.22. The van der Waals surface area contributed by atoms with Gasteiger partial charge in [0.1, 0.15) is 5.82 Å². The first-order valence-electron chi connectivity index (χ1n) is 6.56. The summed E-state index contributed by atoms with van der Waals surface area (Å²) < 4.78 is 2.99. The quantitative estimate of drug-likeness (QED) is 0.857. The summed E-state index contributed by atoms with van der Waals surface area (Å²) in [4.78, 5) is 0. The van der Waals surface area contributed by atoms with Crippen molar-refractivity contribution in [2.75, 3.05) is 0 Å². The van der Waals surface area contributed by atoms with Crippen LogP contribution in [0.1, 0.15) is 41.6 Å². The molecule has 3 nitrogen and oxygen atoms in total. The summed E-state index contributed by atoms with van der Waals surface area (Å²) in [6.07, 6.45) is 3.70. The van der Waals surface area contributed by atoms with E-state index in [-0.39, 0.29) is 0 Å². The van der Waals surface area contributed by atoms with Crippen LogP contribution < -0.4 is 0 Å². The topological polar surface area (TPSA) is 33.6 Å². The lowest BCUT2D eigenvalue weighted by molar-refractivity contribution is 0.492. The fourth-order valence-electron chi connectivity index (χ4n) is 2.91. The standard InChI is InChI=1S/C14H15N3S/c18-14-16-15-13(9-5-6-9)17(14)8-11-7-10-3-1-2-4-12(10)11/h1-4,9,11H,5-8H2,(H,16,18). The molecule has 0 spiro atoms. The van der Waals surface area contributed by atoms with Gasteiger partial charge in [-0.1, -0.05) is 24.3 Å². The maximum absolute atomic E-state index is 5.35. The van der Waals surface area contributed by atoms with Crippen LogP contribution in [-0.4, -0.2) is 14.8 Å². The van der Waals surface area contributed by atoms with E-state index < -0.39 is 0 Å². The molecule has 92 valence electrons. The van der Waals surface area contributed by atoms with E-state index in [2.05, 4.69) is 39.0 Å². The van der Waals surface area contributed by atoms with E-state index in [1.165, 1.54) is 36.2 Å². The Morgan fingerprint density at radius 3 is 2.94 bits per heavy atom. The van der Waals surface area contributed by atoms with Crippen LogP contribution in [0.5, 0.6) is 0 Å². The number of nitrogens with zero attached hydrogens (tertiary/aromatic N) is 2. The van der Waals surface area contributed by atoms with Crippen molar-refractivity contribution in [2.45, 2.75) is 37.6 Å². The van der Waals surface area contributed by atoms with Gasteiger partial charge in [-0.15, -0.1) is 0 Å². The predicted octanol–water partition coefficient (Wildman–Crippen LogP) is 3.16. The molecule has 0 aliphatic heterocycles. The van der Waals surface area contributed by atoms with E-state index in [4.69, 9.17) is 12.2 Å². The van der Waals surface area contributed by atoms with Crippen molar-refractivity contribution in [3.05, 3.63) is 46.0 Å². The van der Waals surface area contributed by atoms with Crippen LogP contribution in [0.15, 0.2) is 24.3 Å². The van der Waals surface area contributed by atoms with Gasteiger partial charge in [0, 0.05) is 18.4 Å². The Bertz CT molecular complexity index is 651. The van der Waals surface area contributed by atoms with Gasteiger partial charge in [-0.05, 0) is 42.6 Å². The highest BCUT2D eigenvalue weighted by Crippen LogP contribution is 2.41. The molecular formula is C14H15N3S. The van der Waals surface area contributed by atoms with Crippen molar-refractivity contribution in [2.24, 2.45) is 0 Å². The summed E-state index contributed by atoms with van der Waals surface area (Å²) in [5.74, 6) is 2.43. The number of rotatable bonds is 3. The van der Waals surface area contributed by atoms with Gasteiger partial charge in [-0.3, -0.25) is 5.10 Å². The molecule has 1 N–H and O–H groups in total. The maximum Gasteiger partial charge on any atom is 0.195 e. The minimum atomic E-state index is 0.614. The van der Waals surface area contributed by atoms with E-state index in [1.54, 1.807) is 0 Å². The summed E-state index contributed by atoms with van der Waals surface area (Å²) in [5.41, 5.74) is 2.98. The number of benzene rings is 1. The molecule has 0 saturated heterocycles. The van der Waals surface area contributed by atoms with E-state index in [0.717, 1.165) is 11.3 Å². The first-order chi connectivity index (χ1) is 8.83.